The number of carbonyl (C=O) groups excluding carboxylic acids is 1. The Morgan fingerprint density at radius 2 is 1.75 bits per heavy atom. The Morgan fingerprint density at radius 1 is 1.08 bits per heavy atom. The zero-order chi connectivity index (χ0) is 17.1. The van der Waals surface area contributed by atoms with Crippen molar-refractivity contribution in [2.45, 2.75) is 0 Å². The van der Waals surface area contributed by atoms with Crippen LogP contribution < -0.4 is 10.2 Å². The number of imidazole rings is 1. The van der Waals surface area contributed by atoms with Crippen LogP contribution in [0.4, 0.5) is 11.4 Å². The molecule has 0 fully saturated rings. The number of anilines is 2. The Labute approximate surface area is 145 Å². The van der Waals surface area contributed by atoms with E-state index in [0.717, 1.165) is 17.1 Å². The van der Waals surface area contributed by atoms with Crippen molar-refractivity contribution in [3.63, 3.8) is 0 Å². The molecule has 2 aromatic carbocycles. The van der Waals surface area contributed by atoms with Crippen LogP contribution in [0.15, 0.2) is 60.8 Å². The fourth-order valence-electron chi connectivity index (χ4n) is 2.41. The molecule has 0 radical (unpaired) electrons. The lowest BCUT2D eigenvalue weighted by molar-refractivity contribution is 0.102. The molecule has 0 aliphatic carbocycles. The van der Waals surface area contributed by atoms with Gasteiger partial charge in [-0.3, -0.25) is 9.36 Å². The van der Waals surface area contributed by atoms with Crippen molar-refractivity contribution in [3.05, 3.63) is 71.3 Å². The van der Waals surface area contributed by atoms with Crippen molar-refractivity contribution in [1.29, 1.82) is 0 Å². The lowest BCUT2D eigenvalue weighted by atomic mass is 10.2. The second kappa shape index (κ2) is 6.72. The molecule has 6 heteroatoms. The summed E-state index contributed by atoms with van der Waals surface area (Å²) >= 11 is 5.31. The summed E-state index contributed by atoms with van der Waals surface area (Å²) in [4.78, 5) is 17.6. The molecule has 1 amide bonds. The molecule has 1 heterocycles. The SMILES string of the molecule is CN(C)c1ccc(NC(=O)c2c[nH]c(=S)n2-c2ccccc2)cc1. The van der Waals surface area contributed by atoms with E-state index in [1.165, 1.54) is 0 Å². The number of hydrogen-bond acceptors (Lipinski definition) is 3. The molecule has 5 nitrogen and oxygen atoms in total. The van der Waals surface area contributed by atoms with Crippen molar-refractivity contribution in [2.75, 3.05) is 24.3 Å². The smallest absolute Gasteiger partial charge is 0.274 e. The summed E-state index contributed by atoms with van der Waals surface area (Å²) in [6, 6.07) is 17.2. The van der Waals surface area contributed by atoms with Gasteiger partial charge in [0.25, 0.3) is 5.91 Å². The maximum absolute atomic E-state index is 12.6. The minimum atomic E-state index is -0.219. The van der Waals surface area contributed by atoms with Crippen molar-refractivity contribution >= 4 is 29.5 Å². The predicted octanol–water partition coefficient (Wildman–Crippen LogP) is 3.85. The number of nitrogens with one attached hydrogen (secondary N) is 2. The molecule has 0 saturated carbocycles. The number of amides is 1. The molecular weight excluding hydrogens is 320 g/mol. The first kappa shape index (κ1) is 16.0. The van der Waals surface area contributed by atoms with E-state index >= 15 is 0 Å². The van der Waals surface area contributed by atoms with Gasteiger partial charge in [0.15, 0.2) is 4.77 Å². The first-order chi connectivity index (χ1) is 11.6. The number of nitrogens with zero attached hydrogens (tertiary/aromatic N) is 2. The molecule has 0 spiro atoms. The Balaban J connectivity index is 1.87. The molecule has 2 N–H and O–H groups in total. The maximum Gasteiger partial charge on any atom is 0.274 e. The summed E-state index contributed by atoms with van der Waals surface area (Å²) < 4.78 is 2.20. The van der Waals surface area contributed by atoms with E-state index < -0.39 is 0 Å². The van der Waals surface area contributed by atoms with E-state index in [4.69, 9.17) is 12.2 Å². The summed E-state index contributed by atoms with van der Waals surface area (Å²) in [5, 5.41) is 2.90. The van der Waals surface area contributed by atoms with Crippen LogP contribution in [0, 0.1) is 4.77 Å². The number of aromatic amines is 1. The van der Waals surface area contributed by atoms with Crippen LogP contribution in [0.1, 0.15) is 10.5 Å². The van der Waals surface area contributed by atoms with Gasteiger partial charge in [0.2, 0.25) is 0 Å². The van der Waals surface area contributed by atoms with Gasteiger partial charge < -0.3 is 15.2 Å². The van der Waals surface area contributed by atoms with Crippen LogP contribution in [0.5, 0.6) is 0 Å². The average Bonchev–Trinajstić information content (AvgIpc) is 2.98. The third-order valence-electron chi connectivity index (χ3n) is 3.66. The Morgan fingerprint density at radius 3 is 2.38 bits per heavy atom. The molecular formula is C18H18N4OS. The van der Waals surface area contributed by atoms with Crippen LogP contribution in [0.2, 0.25) is 0 Å². The number of carbonyl (C=O) groups is 1. The number of para-hydroxylation sites is 1. The van der Waals surface area contributed by atoms with E-state index in [1.807, 2.05) is 73.6 Å². The number of H-pyrrole nitrogens is 1. The van der Waals surface area contributed by atoms with E-state index in [0.29, 0.717) is 10.5 Å². The van der Waals surface area contributed by atoms with E-state index in [2.05, 4.69) is 10.3 Å². The summed E-state index contributed by atoms with van der Waals surface area (Å²) in [5.74, 6) is -0.219. The van der Waals surface area contributed by atoms with Crippen LogP contribution in [-0.4, -0.2) is 29.6 Å². The molecule has 0 unspecified atom stereocenters. The summed E-state index contributed by atoms with van der Waals surface area (Å²) in [6.07, 6.45) is 1.62. The topological polar surface area (TPSA) is 53.1 Å². The quantitative estimate of drug-likeness (QED) is 0.711. The van der Waals surface area contributed by atoms with Crippen LogP contribution in [0.25, 0.3) is 5.69 Å². The zero-order valence-corrected chi connectivity index (χ0v) is 14.3. The molecule has 0 bridgehead atoms. The molecule has 122 valence electrons. The molecule has 0 aliphatic heterocycles. The van der Waals surface area contributed by atoms with Crippen LogP contribution in [-0.2, 0) is 0 Å². The lowest BCUT2D eigenvalue weighted by Gasteiger charge is -2.13. The van der Waals surface area contributed by atoms with Gasteiger partial charge in [-0.25, -0.2) is 0 Å². The number of benzene rings is 2. The fourth-order valence-corrected chi connectivity index (χ4v) is 2.67. The van der Waals surface area contributed by atoms with Gasteiger partial charge in [0, 0.05) is 37.4 Å². The molecule has 3 aromatic rings. The van der Waals surface area contributed by atoms with Crippen molar-refractivity contribution in [1.82, 2.24) is 9.55 Å². The van der Waals surface area contributed by atoms with Gasteiger partial charge >= 0.3 is 0 Å². The van der Waals surface area contributed by atoms with E-state index in [-0.39, 0.29) is 5.91 Å². The summed E-state index contributed by atoms with van der Waals surface area (Å²) in [5.41, 5.74) is 3.11. The van der Waals surface area contributed by atoms with Gasteiger partial charge in [-0.15, -0.1) is 0 Å². The highest BCUT2D eigenvalue weighted by atomic mass is 32.1. The third-order valence-corrected chi connectivity index (χ3v) is 3.97. The monoisotopic (exact) mass is 338 g/mol. The highest BCUT2D eigenvalue weighted by Crippen LogP contribution is 2.18. The van der Waals surface area contributed by atoms with Gasteiger partial charge in [0.05, 0.1) is 0 Å². The third kappa shape index (κ3) is 3.23. The first-order valence-corrected chi connectivity index (χ1v) is 7.91. The van der Waals surface area contributed by atoms with Crippen molar-refractivity contribution in [3.8, 4) is 5.69 Å². The number of rotatable bonds is 4. The van der Waals surface area contributed by atoms with Gasteiger partial charge in [-0.1, -0.05) is 18.2 Å². The second-order valence-corrected chi connectivity index (χ2v) is 5.93. The Hall–Kier alpha value is -2.86. The molecule has 0 aliphatic rings. The number of hydrogen-bond donors (Lipinski definition) is 2. The normalized spacial score (nSPS) is 10.4. The molecule has 0 saturated heterocycles. The molecule has 3 rings (SSSR count). The van der Waals surface area contributed by atoms with Crippen molar-refractivity contribution < 1.29 is 4.79 Å². The van der Waals surface area contributed by atoms with Crippen LogP contribution in [0.3, 0.4) is 0 Å². The minimum Gasteiger partial charge on any atom is -0.378 e. The molecule has 1 aromatic heterocycles. The van der Waals surface area contributed by atoms with E-state index in [1.54, 1.807) is 10.8 Å². The van der Waals surface area contributed by atoms with Gasteiger partial charge in [0.1, 0.15) is 5.69 Å². The molecule has 24 heavy (non-hydrogen) atoms. The van der Waals surface area contributed by atoms with E-state index in [9.17, 15) is 4.79 Å². The Bertz CT molecular complexity index is 895. The summed E-state index contributed by atoms with van der Waals surface area (Å²) in [7, 11) is 3.95. The van der Waals surface area contributed by atoms with Gasteiger partial charge in [-0.05, 0) is 48.6 Å². The molecule has 0 atom stereocenters. The predicted molar refractivity (Wildman–Crippen MR) is 99.7 cm³/mol. The highest BCUT2D eigenvalue weighted by molar-refractivity contribution is 7.71. The average molecular weight is 338 g/mol. The minimum absolute atomic E-state index is 0.219. The standard InChI is InChI=1S/C18H18N4OS/c1-21(2)14-10-8-13(9-11-14)20-17(23)16-12-19-18(24)22(16)15-6-4-3-5-7-15/h3-12H,1-2H3,(H,19,24)(H,20,23). The second-order valence-electron chi connectivity index (χ2n) is 5.55. The highest BCUT2D eigenvalue weighted by Gasteiger charge is 2.14. The van der Waals surface area contributed by atoms with Crippen LogP contribution >= 0.6 is 12.2 Å². The Kier molecular flexibility index (Phi) is 4.48. The number of aromatic nitrogens is 2. The fraction of sp³-hybridized carbons (Fsp3) is 0.111. The maximum atomic E-state index is 12.6. The van der Waals surface area contributed by atoms with Crippen molar-refractivity contribution in [2.24, 2.45) is 0 Å². The largest absolute Gasteiger partial charge is 0.378 e. The van der Waals surface area contributed by atoms with Gasteiger partial charge in [-0.2, -0.15) is 0 Å². The lowest BCUT2D eigenvalue weighted by Crippen LogP contribution is -2.16. The first-order valence-electron chi connectivity index (χ1n) is 7.51. The zero-order valence-electron chi connectivity index (χ0n) is 13.5. The summed E-state index contributed by atoms with van der Waals surface area (Å²) in [6.45, 7) is 0.